The summed E-state index contributed by atoms with van der Waals surface area (Å²) < 4.78 is 10.2. The Balaban J connectivity index is 0.000000601. The molecule has 32 heavy (non-hydrogen) atoms. The summed E-state index contributed by atoms with van der Waals surface area (Å²) in [7, 11) is 0. The number of ether oxygens (including phenoxy) is 2. The molecule has 0 fully saturated rings. The Labute approximate surface area is 189 Å². The largest absolute Gasteiger partial charge is 0.481 e. The molecular formula is C24H36O8. The lowest BCUT2D eigenvalue weighted by Gasteiger charge is -2.25. The summed E-state index contributed by atoms with van der Waals surface area (Å²) in [5.74, 6) is -2.90. The van der Waals surface area contributed by atoms with Gasteiger partial charge in [0.25, 0.3) is 0 Å². The van der Waals surface area contributed by atoms with Crippen LogP contribution in [0.1, 0.15) is 94.4 Å². The van der Waals surface area contributed by atoms with Gasteiger partial charge in [0.15, 0.2) is 0 Å². The Bertz CT molecular complexity index is 773. The van der Waals surface area contributed by atoms with Crippen LogP contribution in [0, 0.1) is 5.41 Å². The van der Waals surface area contributed by atoms with Crippen molar-refractivity contribution < 1.29 is 38.9 Å². The maximum absolute atomic E-state index is 11.7. The smallest absolute Gasteiger partial charge is 0.339 e. The van der Waals surface area contributed by atoms with Crippen molar-refractivity contribution in [3.8, 4) is 0 Å². The predicted octanol–water partition coefficient (Wildman–Crippen LogP) is 4.95. The van der Waals surface area contributed by atoms with Crippen LogP contribution in [0.4, 0.5) is 0 Å². The first-order valence-electron chi connectivity index (χ1n) is 10.8. The van der Waals surface area contributed by atoms with Gasteiger partial charge >= 0.3 is 23.9 Å². The summed E-state index contributed by atoms with van der Waals surface area (Å²) in [6, 6.07) is 6.02. The fraction of sp³-hybridized carbons (Fsp3) is 0.583. The van der Waals surface area contributed by atoms with Crippen LogP contribution < -0.4 is 0 Å². The minimum atomic E-state index is -1.13. The number of hydrogen-bond donors (Lipinski definition) is 2. The van der Waals surface area contributed by atoms with E-state index in [4.69, 9.17) is 19.7 Å². The average molecular weight is 453 g/mol. The van der Waals surface area contributed by atoms with Crippen molar-refractivity contribution in [1.82, 2.24) is 0 Å². The van der Waals surface area contributed by atoms with Gasteiger partial charge in [-0.05, 0) is 50.7 Å². The highest BCUT2D eigenvalue weighted by atomic mass is 16.5. The lowest BCUT2D eigenvalue weighted by molar-refractivity contribution is -0.152. The fourth-order valence-corrected chi connectivity index (χ4v) is 2.55. The zero-order valence-corrected chi connectivity index (χ0v) is 19.8. The molecule has 0 heterocycles. The van der Waals surface area contributed by atoms with Gasteiger partial charge in [-0.25, -0.2) is 9.59 Å². The molecule has 1 aromatic carbocycles. The average Bonchev–Trinajstić information content (AvgIpc) is 2.73. The van der Waals surface area contributed by atoms with E-state index < -0.39 is 23.3 Å². The SMILES string of the molecule is CCC(C)OC(=O)CC(C)(CC)CC(=O)O.CCC(C)OC(=O)c1ccccc1C(=O)O. The molecule has 8 heteroatoms. The number of rotatable bonds is 11. The third-order valence-corrected chi connectivity index (χ3v) is 5.17. The van der Waals surface area contributed by atoms with Crippen LogP contribution in [0.25, 0.3) is 0 Å². The van der Waals surface area contributed by atoms with Crippen molar-refractivity contribution >= 4 is 23.9 Å². The Morgan fingerprint density at radius 2 is 1.38 bits per heavy atom. The summed E-state index contributed by atoms with van der Waals surface area (Å²) in [6.45, 7) is 11.1. The molecule has 0 bridgehead atoms. The van der Waals surface area contributed by atoms with Crippen LogP contribution in [-0.4, -0.2) is 46.3 Å². The van der Waals surface area contributed by atoms with Crippen molar-refractivity contribution in [3.05, 3.63) is 35.4 Å². The van der Waals surface area contributed by atoms with Crippen molar-refractivity contribution in [3.63, 3.8) is 0 Å². The van der Waals surface area contributed by atoms with E-state index in [0.717, 1.165) is 6.42 Å². The number of aliphatic carboxylic acids is 1. The molecular weight excluding hydrogens is 416 g/mol. The van der Waals surface area contributed by atoms with Gasteiger partial charge in [0, 0.05) is 0 Å². The number of aromatic carboxylic acids is 1. The van der Waals surface area contributed by atoms with Gasteiger partial charge in [-0.1, -0.05) is 39.8 Å². The number of benzene rings is 1. The minimum Gasteiger partial charge on any atom is -0.481 e. The highest BCUT2D eigenvalue weighted by Gasteiger charge is 2.29. The van der Waals surface area contributed by atoms with Crippen LogP contribution in [-0.2, 0) is 19.1 Å². The molecule has 3 atom stereocenters. The second kappa shape index (κ2) is 14.2. The summed E-state index contributed by atoms with van der Waals surface area (Å²) in [4.78, 5) is 44.8. The quantitative estimate of drug-likeness (QED) is 0.452. The standard InChI is InChI=1S/C12H14O4.C12H22O4/c1-3-8(2)16-12(15)10-7-5-4-6-9(10)11(13)14;1-5-9(3)16-11(15)8-12(4,6-2)7-10(13)14/h4-8H,3H2,1-2H3,(H,13,14);9H,5-8H2,1-4H3,(H,13,14). The number of carboxylic acids is 2. The van der Waals surface area contributed by atoms with E-state index >= 15 is 0 Å². The molecule has 8 nitrogen and oxygen atoms in total. The number of esters is 2. The lowest BCUT2D eigenvalue weighted by atomic mass is 9.81. The van der Waals surface area contributed by atoms with Crippen LogP contribution in [0.15, 0.2) is 24.3 Å². The topological polar surface area (TPSA) is 127 Å². The molecule has 0 aliphatic rings. The molecule has 0 spiro atoms. The monoisotopic (exact) mass is 452 g/mol. The molecule has 0 aliphatic carbocycles. The van der Waals surface area contributed by atoms with Crippen molar-refractivity contribution in [2.45, 2.75) is 85.9 Å². The minimum absolute atomic E-state index is 0.000887. The summed E-state index contributed by atoms with van der Waals surface area (Å²) in [6.07, 6.45) is 1.97. The van der Waals surface area contributed by atoms with Gasteiger partial charge in [-0.15, -0.1) is 0 Å². The first-order chi connectivity index (χ1) is 14.9. The van der Waals surface area contributed by atoms with E-state index in [2.05, 4.69) is 0 Å². The second-order valence-electron chi connectivity index (χ2n) is 8.10. The van der Waals surface area contributed by atoms with E-state index in [0.29, 0.717) is 12.8 Å². The van der Waals surface area contributed by atoms with Crippen molar-refractivity contribution in [2.75, 3.05) is 0 Å². The molecule has 1 rings (SSSR count). The molecule has 0 saturated heterocycles. The Morgan fingerprint density at radius 3 is 1.81 bits per heavy atom. The number of hydrogen-bond acceptors (Lipinski definition) is 6. The van der Waals surface area contributed by atoms with E-state index in [1.807, 2.05) is 27.7 Å². The maximum atomic E-state index is 11.7. The van der Waals surface area contributed by atoms with Gasteiger partial charge in [0.05, 0.1) is 36.2 Å². The number of carboxylic acid groups (broad SMARTS) is 2. The van der Waals surface area contributed by atoms with Gasteiger partial charge in [-0.2, -0.15) is 0 Å². The zero-order chi connectivity index (χ0) is 24.9. The van der Waals surface area contributed by atoms with Gasteiger partial charge in [-0.3, -0.25) is 9.59 Å². The normalized spacial score (nSPS) is 14.1. The molecule has 0 saturated carbocycles. The molecule has 0 aliphatic heterocycles. The van der Waals surface area contributed by atoms with Gasteiger partial charge in [0.1, 0.15) is 0 Å². The third kappa shape index (κ3) is 10.9. The number of carbonyl (C=O) groups is 4. The number of carbonyl (C=O) groups excluding carboxylic acids is 2. The summed E-state index contributed by atoms with van der Waals surface area (Å²) >= 11 is 0. The Kier molecular flexibility index (Phi) is 12.9. The first kappa shape index (κ1) is 29.1. The summed E-state index contributed by atoms with van der Waals surface area (Å²) in [5, 5.41) is 17.7. The van der Waals surface area contributed by atoms with E-state index in [9.17, 15) is 19.2 Å². The zero-order valence-electron chi connectivity index (χ0n) is 19.8. The molecule has 0 amide bonds. The van der Waals surface area contributed by atoms with Crippen LogP contribution in [0.2, 0.25) is 0 Å². The Hall–Kier alpha value is -2.90. The predicted molar refractivity (Wildman–Crippen MR) is 120 cm³/mol. The Morgan fingerprint density at radius 1 is 0.875 bits per heavy atom. The highest BCUT2D eigenvalue weighted by molar-refractivity contribution is 6.02. The highest BCUT2D eigenvalue weighted by Crippen LogP contribution is 2.30. The molecule has 1 aromatic rings. The van der Waals surface area contributed by atoms with E-state index in [1.165, 1.54) is 12.1 Å². The van der Waals surface area contributed by atoms with Crippen molar-refractivity contribution in [1.29, 1.82) is 0 Å². The molecule has 180 valence electrons. The molecule has 0 aromatic heterocycles. The third-order valence-electron chi connectivity index (χ3n) is 5.17. The van der Waals surface area contributed by atoms with E-state index in [1.54, 1.807) is 26.0 Å². The van der Waals surface area contributed by atoms with Crippen LogP contribution >= 0.6 is 0 Å². The van der Waals surface area contributed by atoms with Gasteiger partial charge < -0.3 is 19.7 Å². The van der Waals surface area contributed by atoms with Crippen molar-refractivity contribution in [2.24, 2.45) is 5.41 Å². The molecule has 2 N–H and O–H groups in total. The lowest BCUT2D eigenvalue weighted by Crippen LogP contribution is -2.26. The fourth-order valence-electron chi connectivity index (χ4n) is 2.55. The first-order valence-corrected chi connectivity index (χ1v) is 10.8. The summed E-state index contributed by atoms with van der Waals surface area (Å²) in [5.41, 5.74) is -0.442. The van der Waals surface area contributed by atoms with E-state index in [-0.39, 0.29) is 42.1 Å². The van der Waals surface area contributed by atoms with Gasteiger partial charge in [0.2, 0.25) is 0 Å². The maximum Gasteiger partial charge on any atom is 0.339 e. The van der Waals surface area contributed by atoms with Crippen LogP contribution in [0.5, 0.6) is 0 Å². The molecule has 0 radical (unpaired) electrons. The molecule has 3 unspecified atom stereocenters. The second-order valence-corrected chi connectivity index (χ2v) is 8.10. The van der Waals surface area contributed by atoms with Crippen LogP contribution in [0.3, 0.4) is 0 Å².